The van der Waals surface area contributed by atoms with Gasteiger partial charge in [0.15, 0.2) is 0 Å². The average Bonchev–Trinajstić information content (AvgIpc) is 3.25. The van der Waals surface area contributed by atoms with E-state index in [0.29, 0.717) is 28.3 Å². The number of aryl methyl sites for hydroxylation is 1. The molecule has 5 nitrogen and oxygen atoms in total. The van der Waals surface area contributed by atoms with Gasteiger partial charge in [0.25, 0.3) is 5.91 Å². The minimum Gasteiger partial charge on any atom is -0.322 e. The molecule has 1 N–H and O–H groups in total. The number of hydrogen-bond donors (Lipinski definition) is 1. The van der Waals surface area contributed by atoms with Crippen molar-refractivity contribution in [3.8, 4) is 22.5 Å². The summed E-state index contributed by atoms with van der Waals surface area (Å²) < 4.78 is 28.8. The smallest absolute Gasteiger partial charge is 0.257 e. The van der Waals surface area contributed by atoms with Gasteiger partial charge < -0.3 is 5.32 Å². The number of carbonyl (C=O) groups excluding carboxylic acids is 1. The summed E-state index contributed by atoms with van der Waals surface area (Å²) in [6.45, 7) is 1.75. The minimum absolute atomic E-state index is 0.333. The molecule has 0 saturated carbocycles. The summed E-state index contributed by atoms with van der Waals surface area (Å²) in [7, 11) is 0. The highest BCUT2D eigenvalue weighted by molar-refractivity contribution is 6.05. The molecule has 33 heavy (non-hydrogen) atoms. The van der Waals surface area contributed by atoms with Gasteiger partial charge in [0.1, 0.15) is 17.5 Å². The molecule has 2 aromatic carbocycles. The van der Waals surface area contributed by atoms with Crippen LogP contribution in [-0.4, -0.2) is 20.3 Å². The molecule has 5 aromatic rings. The van der Waals surface area contributed by atoms with Crippen molar-refractivity contribution < 1.29 is 13.6 Å². The van der Waals surface area contributed by atoms with Crippen LogP contribution in [0, 0.1) is 18.6 Å². The number of aromatic nitrogens is 3. The number of hydrogen-bond acceptors (Lipinski definition) is 3. The molecule has 3 aromatic heterocycles. The molecule has 162 valence electrons. The third-order valence-electron chi connectivity index (χ3n) is 5.40. The van der Waals surface area contributed by atoms with E-state index in [0.717, 1.165) is 16.6 Å². The second kappa shape index (κ2) is 8.27. The predicted molar refractivity (Wildman–Crippen MR) is 123 cm³/mol. The van der Waals surface area contributed by atoms with Gasteiger partial charge in [-0.2, -0.15) is 0 Å². The molecule has 0 bridgehead atoms. The maximum atomic E-state index is 13.7. The first-order chi connectivity index (χ1) is 16.0. The van der Waals surface area contributed by atoms with Gasteiger partial charge in [-0.3, -0.25) is 14.2 Å². The molecule has 0 aliphatic heterocycles. The van der Waals surface area contributed by atoms with Crippen LogP contribution in [0.3, 0.4) is 0 Å². The lowest BCUT2D eigenvalue weighted by atomic mass is 10.0. The van der Waals surface area contributed by atoms with Crippen molar-refractivity contribution in [2.45, 2.75) is 6.92 Å². The van der Waals surface area contributed by atoms with Gasteiger partial charge in [0, 0.05) is 34.8 Å². The first-order valence-corrected chi connectivity index (χ1v) is 10.3. The van der Waals surface area contributed by atoms with Gasteiger partial charge in [-0.1, -0.05) is 18.2 Å². The van der Waals surface area contributed by atoms with E-state index in [1.165, 1.54) is 36.4 Å². The summed E-state index contributed by atoms with van der Waals surface area (Å²) in [5.74, 6) is -0.436. The van der Waals surface area contributed by atoms with Gasteiger partial charge >= 0.3 is 0 Å². The molecule has 0 aliphatic carbocycles. The molecule has 3 heterocycles. The molecule has 0 atom stereocenters. The maximum Gasteiger partial charge on any atom is 0.257 e. The minimum atomic E-state index is -0.376. The second-order valence-electron chi connectivity index (χ2n) is 7.59. The summed E-state index contributed by atoms with van der Waals surface area (Å²) in [6, 6.07) is 17.4. The number of halogens is 2. The lowest BCUT2D eigenvalue weighted by molar-refractivity contribution is 0.102. The topological polar surface area (TPSA) is 59.3 Å². The van der Waals surface area contributed by atoms with Crippen molar-refractivity contribution in [2.75, 3.05) is 5.32 Å². The third kappa shape index (κ3) is 3.96. The highest BCUT2D eigenvalue weighted by Gasteiger charge is 2.15. The number of imidazole rings is 1. The Kier molecular flexibility index (Phi) is 5.14. The molecular formula is C26H18F2N4O. The number of nitrogens with one attached hydrogen (secondary N) is 1. The van der Waals surface area contributed by atoms with Gasteiger partial charge in [0.2, 0.25) is 0 Å². The van der Waals surface area contributed by atoms with Crippen molar-refractivity contribution in [1.29, 1.82) is 0 Å². The van der Waals surface area contributed by atoms with E-state index in [4.69, 9.17) is 0 Å². The highest BCUT2D eigenvalue weighted by Crippen LogP contribution is 2.29. The number of fused-ring (bicyclic) bond motifs is 1. The Morgan fingerprint density at radius 1 is 0.879 bits per heavy atom. The van der Waals surface area contributed by atoms with E-state index in [1.807, 2.05) is 22.7 Å². The largest absolute Gasteiger partial charge is 0.322 e. The van der Waals surface area contributed by atoms with Crippen LogP contribution in [0.5, 0.6) is 0 Å². The Balaban J connectivity index is 1.54. The zero-order valence-corrected chi connectivity index (χ0v) is 17.6. The molecule has 0 aliphatic rings. The van der Waals surface area contributed by atoms with E-state index >= 15 is 0 Å². The normalized spacial score (nSPS) is 11.0. The molecule has 0 spiro atoms. The molecule has 1 amide bonds. The van der Waals surface area contributed by atoms with Crippen molar-refractivity contribution in [2.24, 2.45) is 0 Å². The van der Waals surface area contributed by atoms with Crippen molar-refractivity contribution in [3.05, 3.63) is 108 Å². The van der Waals surface area contributed by atoms with E-state index in [2.05, 4.69) is 15.3 Å². The molecular weight excluding hydrogens is 422 g/mol. The van der Waals surface area contributed by atoms with Crippen LogP contribution in [0.1, 0.15) is 16.1 Å². The van der Waals surface area contributed by atoms with Crippen LogP contribution in [0.4, 0.5) is 14.5 Å². The highest BCUT2D eigenvalue weighted by atomic mass is 19.1. The van der Waals surface area contributed by atoms with Crippen LogP contribution < -0.4 is 5.32 Å². The fourth-order valence-electron chi connectivity index (χ4n) is 3.75. The van der Waals surface area contributed by atoms with E-state index in [9.17, 15) is 13.6 Å². The quantitative estimate of drug-likeness (QED) is 0.378. The standard InChI is InChI=1S/C26H18F2N4O/c1-16-23(26(33)31-21-9-7-19(27)8-10-21)13-18(14-29-16)22-6-3-11-32-24(22)15-30-25(32)17-4-2-5-20(28)12-17/h2-15H,1H3,(H,31,33). The first-order valence-electron chi connectivity index (χ1n) is 10.3. The lowest BCUT2D eigenvalue weighted by Gasteiger charge is -2.11. The van der Waals surface area contributed by atoms with Gasteiger partial charge in [-0.25, -0.2) is 13.8 Å². The number of benzene rings is 2. The van der Waals surface area contributed by atoms with Crippen LogP contribution in [0.25, 0.3) is 28.0 Å². The zero-order chi connectivity index (χ0) is 22.9. The molecule has 0 saturated heterocycles. The monoisotopic (exact) mass is 440 g/mol. The molecule has 7 heteroatoms. The molecule has 0 radical (unpaired) electrons. The Hall–Kier alpha value is -4.39. The maximum absolute atomic E-state index is 13.7. The Bertz CT molecular complexity index is 1490. The van der Waals surface area contributed by atoms with E-state index in [-0.39, 0.29) is 17.5 Å². The molecule has 0 fully saturated rings. The van der Waals surface area contributed by atoms with Crippen LogP contribution in [-0.2, 0) is 0 Å². The average molecular weight is 440 g/mol. The number of carbonyl (C=O) groups is 1. The third-order valence-corrected chi connectivity index (χ3v) is 5.40. The van der Waals surface area contributed by atoms with Crippen molar-refractivity contribution in [1.82, 2.24) is 14.4 Å². The fraction of sp³-hybridized carbons (Fsp3) is 0.0385. The lowest BCUT2D eigenvalue weighted by Crippen LogP contribution is -2.14. The fourth-order valence-corrected chi connectivity index (χ4v) is 3.75. The Morgan fingerprint density at radius 3 is 2.48 bits per heavy atom. The second-order valence-corrected chi connectivity index (χ2v) is 7.59. The molecule has 5 rings (SSSR count). The number of anilines is 1. The van der Waals surface area contributed by atoms with Crippen molar-refractivity contribution >= 4 is 17.1 Å². The van der Waals surface area contributed by atoms with Gasteiger partial charge in [-0.05, 0) is 55.5 Å². The van der Waals surface area contributed by atoms with Crippen LogP contribution in [0.15, 0.2) is 85.3 Å². The molecule has 0 unspecified atom stereocenters. The van der Waals surface area contributed by atoms with E-state index < -0.39 is 0 Å². The SMILES string of the molecule is Cc1ncc(-c2cccn3c(-c4cccc(F)c4)ncc23)cc1C(=O)Nc1ccc(F)cc1. The van der Waals surface area contributed by atoms with Crippen molar-refractivity contribution in [3.63, 3.8) is 0 Å². The van der Waals surface area contributed by atoms with Crippen LogP contribution in [0.2, 0.25) is 0 Å². The summed E-state index contributed by atoms with van der Waals surface area (Å²) >= 11 is 0. The number of rotatable bonds is 4. The zero-order valence-electron chi connectivity index (χ0n) is 17.6. The first kappa shape index (κ1) is 20.5. The summed E-state index contributed by atoms with van der Waals surface area (Å²) in [4.78, 5) is 21.8. The summed E-state index contributed by atoms with van der Waals surface area (Å²) in [5, 5.41) is 2.77. The number of nitrogens with zero attached hydrogens (tertiary/aromatic N) is 3. The summed E-state index contributed by atoms with van der Waals surface area (Å²) in [5.41, 5.74) is 4.49. The predicted octanol–water partition coefficient (Wildman–Crippen LogP) is 5.90. The van der Waals surface area contributed by atoms with Crippen LogP contribution >= 0.6 is 0 Å². The van der Waals surface area contributed by atoms with Gasteiger partial charge in [0.05, 0.1) is 23.0 Å². The van der Waals surface area contributed by atoms with Gasteiger partial charge in [-0.15, -0.1) is 0 Å². The number of pyridine rings is 2. The van der Waals surface area contributed by atoms with E-state index in [1.54, 1.807) is 37.5 Å². The summed E-state index contributed by atoms with van der Waals surface area (Å²) in [6.07, 6.45) is 5.28. The number of amides is 1. The Morgan fingerprint density at radius 2 is 1.70 bits per heavy atom. The Labute approximate surface area is 188 Å².